The molecule has 0 atom stereocenters. The number of pyridine rings is 2. The first kappa shape index (κ1) is 12.1. The Morgan fingerprint density at radius 3 is 1.50 bits per heavy atom. The number of Topliss-reactive ketones (excluding diaryl/α,β-unsaturated/α-hetero) is 2. The van der Waals surface area contributed by atoms with E-state index < -0.39 is 0 Å². The van der Waals surface area contributed by atoms with Gasteiger partial charge in [0, 0.05) is 13.8 Å². The Kier molecular flexibility index (Phi) is 3.28. The Labute approximate surface area is 105 Å². The maximum Gasteiger partial charge on any atom is 0.178 e. The van der Waals surface area contributed by atoms with Gasteiger partial charge in [0.2, 0.25) is 0 Å². The van der Waals surface area contributed by atoms with Crippen LogP contribution >= 0.6 is 0 Å². The van der Waals surface area contributed by atoms with Crippen LogP contribution in [0, 0.1) is 0 Å². The lowest BCUT2D eigenvalue weighted by Crippen LogP contribution is -2.01. The van der Waals surface area contributed by atoms with E-state index in [1.807, 2.05) is 0 Å². The summed E-state index contributed by atoms with van der Waals surface area (Å²) in [6.07, 6.45) is 0. The zero-order valence-corrected chi connectivity index (χ0v) is 10.2. The second-order valence-corrected chi connectivity index (χ2v) is 3.93. The molecule has 2 aromatic rings. The van der Waals surface area contributed by atoms with Crippen LogP contribution in [0.15, 0.2) is 36.4 Å². The minimum absolute atomic E-state index is 0.0976. The van der Waals surface area contributed by atoms with Gasteiger partial charge < -0.3 is 0 Å². The summed E-state index contributed by atoms with van der Waals surface area (Å²) in [5.74, 6) is -0.195. The molecule has 0 spiro atoms. The SMILES string of the molecule is CC(=O)c1cccc(-c2cccc(C(C)=O)n2)n1. The molecule has 2 rings (SSSR count). The second kappa shape index (κ2) is 4.87. The predicted octanol–water partition coefficient (Wildman–Crippen LogP) is 2.55. The molecule has 0 fully saturated rings. The zero-order valence-electron chi connectivity index (χ0n) is 10.2. The highest BCUT2D eigenvalue weighted by Gasteiger charge is 2.07. The fraction of sp³-hybridized carbons (Fsp3) is 0.143. The third-order valence-electron chi connectivity index (χ3n) is 2.48. The van der Waals surface area contributed by atoms with E-state index in [1.165, 1.54) is 13.8 Å². The Bertz CT molecular complexity index is 565. The van der Waals surface area contributed by atoms with Gasteiger partial charge in [0.05, 0.1) is 11.4 Å². The number of aromatic nitrogens is 2. The van der Waals surface area contributed by atoms with Crippen LogP contribution in [0.4, 0.5) is 0 Å². The smallest absolute Gasteiger partial charge is 0.178 e. The fourth-order valence-corrected chi connectivity index (χ4v) is 1.55. The molecule has 0 saturated heterocycles. The van der Waals surface area contributed by atoms with Crippen LogP contribution < -0.4 is 0 Å². The average molecular weight is 240 g/mol. The molecular formula is C14H12N2O2. The molecular weight excluding hydrogens is 228 g/mol. The van der Waals surface area contributed by atoms with Gasteiger partial charge in [-0.25, -0.2) is 9.97 Å². The van der Waals surface area contributed by atoms with Crippen molar-refractivity contribution < 1.29 is 9.59 Å². The monoisotopic (exact) mass is 240 g/mol. The normalized spacial score (nSPS) is 10.1. The van der Waals surface area contributed by atoms with Gasteiger partial charge in [0.1, 0.15) is 11.4 Å². The van der Waals surface area contributed by atoms with Crippen molar-refractivity contribution in [3.8, 4) is 11.4 Å². The maximum atomic E-state index is 11.3. The van der Waals surface area contributed by atoms with Crippen molar-refractivity contribution in [1.29, 1.82) is 0 Å². The quantitative estimate of drug-likeness (QED) is 0.773. The Balaban J connectivity index is 2.48. The van der Waals surface area contributed by atoms with Gasteiger partial charge in [-0.1, -0.05) is 12.1 Å². The van der Waals surface area contributed by atoms with E-state index >= 15 is 0 Å². The third kappa shape index (κ3) is 2.48. The Hall–Kier alpha value is -2.36. The molecule has 2 heterocycles. The van der Waals surface area contributed by atoms with Gasteiger partial charge in [0.25, 0.3) is 0 Å². The number of carbonyl (C=O) groups is 2. The highest BCUT2D eigenvalue weighted by Crippen LogP contribution is 2.15. The van der Waals surface area contributed by atoms with Crippen molar-refractivity contribution in [2.24, 2.45) is 0 Å². The van der Waals surface area contributed by atoms with Gasteiger partial charge in [0.15, 0.2) is 11.6 Å². The van der Waals surface area contributed by atoms with E-state index in [-0.39, 0.29) is 11.6 Å². The van der Waals surface area contributed by atoms with E-state index in [0.717, 1.165) is 0 Å². The molecule has 4 heteroatoms. The average Bonchev–Trinajstić information content (AvgIpc) is 2.39. The maximum absolute atomic E-state index is 11.3. The standard InChI is InChI=1S/C14H12N2O2/c1-9(17)11-5-3-7-13(15-11)14-8-4-6-12(16-14)10(2)18/h3-8H,1-2H3. The largest absolute Gasteiger partial charge is 0.293 e. The van der Waals surface area contributed by atoms with Crippen molar-refractivity contribution in [3.05, 3.63) is 47.8 Å². The number of carbonyl (C=O) groups excluding carboxylic acids is 2. The number of rotatable bonds is 3. The van der Waals surface area contributed by atoms with E-state index in [2.05, 4.69) is 9.97 Å². The zero-order chi connectivity index (χ0) is 13.1. The molecule has 0 aromatic carbocycles. The van der Waals surface area contributed by atoms with Crippen molar-refractivity contribution in [2.75, 3.05) is 0 Å². The summed E-state index contributed by atoms with van der Waals surface area (Å²) < 4.78 is 0. The summed E-state index contributed by atoms with van der Waals surface area (Å²) in [4.78, 5) is 31.0. The van der Waals surface area contributed by atoms with Gasteiger partial charge in [-0.05, 0) is 24.3 Å². The first-order chi connectivity index (χ1) is 8.58. The lowest BCUT2D eigenvalue weighted by atomic mass is 10.2. The van der Waals surface area contributed by atoms with Crippen LogP contribution in [0.25, 0.3) is 11.4 Å². The summed E-state index contributed by atoms with van der Waals surface area (Å²) in [5, 5.41) is 0. The van der Waals surface area contributed by atoms with Gasteiger partial charge >= 0.3 is 0 Å². The molecule has 4 nitrogen and oxygen atoms in total. The van der Waals surface area contributed by atoms with E-state index in [1.54, 1.807) is 36.4 Å². The highest BCUT2D eigenvalue weighted by molar-refractivity contribution is 5.93. The fourth-order valence-electron chi connectivity index (χ4n) is 1.55. The van der Waals surface area contributed by atoms with E-state index in [9.17, 15) is 9.59 Å². The molecule has 0 unspecified atom stereocenters. The molecule has 0 bridgehead atoms. The molecule has 0 aliphatic heterocycles. The summed E-state index contributed by atoms with van der Waals surface area (Å²) in [6.45, 7) is 2.93. The number of hydrogen-bond acceptors (Lipinski definition) is 4. The summed E-state index contributed by atoms with van der Waals surface area (Å²) in [6, 6.07) is 10.3. The topological polar surface area (TPSA) is 59.9 Å². The molecule has 2 aromatic heterocycles. The Morgan fingerprint density at radius 1 is 0.778 bits per heavy atom. The van der Waals surface area contributed by atoms with Crippen molar-refractivity contribution >= 4 is 11.6 Å². The molecule has 0 radical (unpaired) electrons. The summed E-state index contributed by atoms with van der Waals surface area (Å²) >= 11 is 0. The molecule has 0 N–H and O–H groups in total. The van der Waals surface area contributed by atoms with E-state index in [4.69, 9.17) is 0 Å². The van der Waals surface area contributed by atoms with Crippen LogP contribution in [-0.2, 0) is 0 Å². The number of hydrogen-bond donors (Lipinski definition) is 0. The van der Waals surface area contributed by atoms with Gasteiger partial charge in [-0.15, -0.1) is 0 Å². The lowest BCUT2D eigenvalue weighted by molar-refractivity contribution is 0.1000. The molecule has 0 aliphatic rings. The minimum Gasteiger partial charge on any atom is -0.293 e. The van der Waals surface area contributed by atoms with Gasteiger partial charge in [-0.3, -0.25) is 9.59 Å². The van der Waals surface area contributed by atoms with Crippen molar-refractivity contribution in [3.63, 3.8) is 0 Å². The van der Waals surface area contributed by atoms with Gasteiger partial charge in [-0.2, -0.15) is 0 Å². The van der Waals surface area contributed by atoms with Crippen LogP contribution in [0.3, 0.4) is 0 Å². The molecule has 0 saturated carbocycles. The molecule has 18 heavy (non-hydrogen) atoms. The minimum atomic E-state index is -0.0976. The predicted molar refractivity (Wildman–Crippen MR) is 67.5 cm³/mol. The van der Waals surface area contributed by atoms with Crippen molar-refractivity contribution in [2.45, 2.75) is 13.8 Å². The van der Waals surface area contributed by atoms with Crippen LogP contribution in [0.5, 0.6) is 0 Å². The summed E-state index contributed by atoms with van der Waals surface area (Å²) in [7, 11) is 0. The Morgan fingerprint density at radius 2 is 1.17 bits per heavy atom. The number of nitrogens with zero attached hydrogens (tertiary/aromatic N) is 2. The van der Waals surface area contributed by atoms with Crippen LogP contribution in [0.1, 0.15) is 34.8 Å². The molecule has 0 aliphatic carbocycles. The van der Waals surface area contributed by atoms with E-state index in [0.29, 0.717) is 22.8 Å². The first-order valence-electron chi connectivity index (χ1n) is 5.54. The molecule has 0 amide bonds. The highest BCUT2D eigenvalue weighted by atomic mass is 16.1. The van der Waals surface area contributed by atoms with Crippen LogP contribution in [0.2, 0.25) is 0 Å². The number of ketones is 2. The first-order valence-corrected chi connectivity index (χ1v) is 5.54. The second-order valence-electron chi connectivity index (χ2n) is 3.93. The lowest BCUT2D eigenvalue weighted by Gasteiger charge is -2.03. The third-order valence-corrected chi connectivity index (χ3v) is 2.48. The molecule has 90 valence electrons. The summed E-state index contributed by atoms with van der Waals surface area (Å²) in [5.41, 5.74) is 1.96. The van der Waals surface area contributed by atoms with Crippen LogP contribution in [-0.4, -0.2) is 21.5 Å². The van der Waals surface area contributed by atoms with Crippen molar-refractivity contribution in [1.82, 2.24) is 9.97 Å².